The van der Waals surface area contributed by atoms with Crippen LogP contribution in [0.25, 0.3) is 22.3 Å². The van der Waals surface area contributed by atoms with Crippen molar-refractivity contribution in [2.45, 2.75) is 0 Å². The number of rotatable bonds is 4. The normalized spacial score (nSPS) is 10.8. The Morgan fingerprint density at radius 3 is 2.43 bits per heavy atom. The first-order valence-electron chi connectivity index (χ1n) is 8.40. The smallest absolute Gasteiger partial charge is 0.337 e. The van der Waals surface area contributed by atoms with Crippen LogP contribution in [0.15, 0.2) is 71.5 Å². The third-order valence-electron chi connectivity index (χ3n) is 4.25. The lowest BCUT2D eigenvalue weighted by Crippen LogP contribution is -2.12. The SMILES string of the molecule is O=C(O)c1cc2nc(-c3ccc(Cl)cc3)[nH]c(=O)c2cc1Nc1ccccc1. The average molecular weight is 392 g/mol. The van der Waals surface area contributed by atoms with Gasteiger partial charge < -0.3 is 15.4 Å². The van der Waals surface area contributed by atoms with E-state index in [1.807, 2.05) is 30.3 Å². The molecule has 0 saturated heterocycles. The molecule has 0 bridgehead atoms. The maximum Gasteiger partial charge on any atom is 0.337 e. The van der Waals surface area contributed by atoms with Gasteiger partial charge in [-0.15, -0.1) is 0 Å². The number of para-hydroxylation sites is 1. The number of carbonyl (C=O) groups is 1. The lowest BCUT2D eigenvalue weighted by molar-refractivity contribution is 0.0698. The maximum absolute atomic E-state index is 12.6. The lowest BCUT2D eigenvalue weighted by atomic mass is 10.1. The van der Waals surface area contributed by atoms with Gasteiger partial charge in [-0.1, -0.05) is 29.8 Å². The van der Waals surface area contributed by atoms with E-state index in [1.54, 1.807) is 24.3 Å². The number of aromatic nitrogens is 2. The van der Waals surface area contributed by atoms with Gasteiger partial charge in [-0.2, -0.15) is 0 Å². The molecule has 0 aliphatic rings. The average Bonchev–Trinajstić information content (AvgIpc) is 2.69. The van der Waals surface area contributed by atoms with Crippen LogP contribution >= 0.6 is 11.6 Å². The quantitative estimate of drug-likeness (QED) is 0.469. The largest absolute Gasteiger partial charge is 0.478 e. The molecule has 0 spiro atoms. The van der Waals surface area contributed by atoms with Crippen LogP contribution < -0.4 is 10.9 Å². The summed E-state index contributed by atoms with van der Waals surface area (Å²) in [6.45, 7) is 0. The van der Waals surface area contributed by atoms with Crippen LogP contribution in [0.3, 0.4) is 0 Å². The highest BCUT2D eigenvalue weighted by atomic mass is 35.5. The van der Waals surface area contributed by atoms with Crippen LogP contribution in [0.2, 0.25) is 5.02 Å². The van der Waals surface area contributed by atoms with Gasteiger partial charge in [-0.3, -0.25) is 4.79 Å². The highest BCUT2D eigenvalue weighted by Crippen LogP contribution is 2.26. The van der Waals surface area contributed by atoms with Crippen molar-refractivity contribution in [3.05, 3.63) is 87.7 Å². The van der Waals surface area contributed by atoms with Crippen molar-refractivity contribution in [2.24, 2.45) is 0 Å². The number of aromatic carboxylic acids is 1. The van der Waals surface area contributed by atoms with Crippen LogP contribution in [-0.4, -0.2) is 21.0 Å². The summed E-state index contributed by atoms with van der Waals surface area (Å²) in [4.78, 5) is 31.6. The number of hydrogen-bond acceptors (Lipinski definition) is 4. The standard InChI is InChI=1S/C21H14ClN3O3/c22-13-8-6-12(7-9-13)19-24-17-11-16(21(27)28)18(10-15(17)20(26)25-19)23-14-4-2-1-3-5-14/h1-11,23H,(H,27,28)(H,24,25,26). The Morgan fingerprint density at radius 2 is 1.75 bits per heavy atom. The summed E-state index contributed by atoms with van der Waals surface area (Å²) in [7, 11) is 0. The van der Waals surface area contributed by atoms with E-state index in [0.717, 1.165) is 0 Å². The fourth-order valence-electron chi connectivity index (χ4n) is 2.89. The maximum atomic E-state index is 12.6. The molecule has 28 heavy (non-hydrogen) atoms. The summed E-state index contributed by atoms with van der Waals surface area (Å²) >= 11 is 5.90. The molecule has 0 aliphatic carbocycles. The number of anilines is 2. The van der Waals surface area contributed by atoms with E-state index < -0.39 is 5.97 Å². The van der Waals surface area contributed by atoms with Gasteiger partial charge >= 0.3 is 5.97 Å². The molecule has 0 amide bonds. The molecule has 3 aromatic carbocycles. The van der Waals surface area contributed by atoms with Crippen molar-refractivity contribution in [3.8, 4) is 11.4 Å². The van der Waals surface area contributed by atoms with Gasteiger partial charge in [0, 0.05) is 16.3 Å². The Labute approximate surface area is 164 Å². The molecule has 4 aromatic rings. The molecule has 0 atom stereocenters. The van der Waals surface area contributed by atoms with E-state index in [1.165, 1.54) is 12.1 Å². The number of aromatic amines is 1. The summed E-state index contributed by atoms with van der Waals surface area (Å²) in [5, 5.41) is 13.5. The van der Waals surface area contributed by atoms with Gasteiger partial charge in [0.2, 0.25) is 0 Å². The van der Waals surface area contributed by atoms with E-state index in [9.17, 15) is 14.7 Å². The van der Waals surface area contributed by atoms with Crippen molar-refractivity contribution < 1.29 is 9.90 Å². The van der Waals surface area contributed by atoms with E-state index in [0.29, 0.717) is 38.7 Å². The predicted molar refractivity (Wildman–Crippen MR) is 109 cm³/mol. The Bertz CT molecular complexity index is 1240. The van der Waals surface area contributed by atoms with Crippen molar-refractivity contribution in [1.29, 1.82) is 0 Å². The molecule has 3 N–H and O–H groups in total. The first kappa shape index (κ1) is 17.8. The third-order valence-corrected chi connectivity index (χ3v) is 4.50. The monoisotopic (exact) mass is 391 g/mol. The number of fused-ring (bicyclic) bond motifs is 1. The van der Waals surface area contributed by atoms with Gasteiger partial charge in [0.05, 0.1) is 22.2 Å². The van der Waals surface area contributed by atoms with Gasteiger partial charge in [-0.25, -0.2) is 9.78 Å². The second kappa shape index (κ2) is 7.17. The van der Waals surface area contributed by atoms with Gasteiger partial charge in [0.15, 0.2) is 0 Å². The number of carboxylic acid groups (broad SMARTS) is 1. The minimum atomic E-state index is -1.12. The fourth-order valence-corrected chi connectivity index (χ4v) is 3.01. The number of carboxylic acids is 1. The molecule has 0 saturated carbocycles. The summed E-state index contributed by atoms with van der Waals surface area (Å²) in [6, 6.07) is 18.9. The predicted octanol–water partition coefficient (Wildman–Crippen LogP) is 4.69. The zero-order valence-electron chi connectivity index (χ0n) is 14.4. The number of nitrogens with zero attached hydrogens (tertiary/aromatic N) is 1. The summed E-state index contributed by atoms with van der Waals surface area (Å²) in [5.41, 5.74) is 1.67. The molecule has 6 nitrogen and oxygen atoms in total. The van der Waals surface area contributed by atoms with E-state index >= 15 is 0 Å². The molecule has 0 unspecified atom stereocenters. The van der Waals surface area contributed by atoms with Crippen LogP contribution in [0.5, 0.6) is 0 Å². The molecular weight excluding hydrogens is 378 g/mol. The van der Waals surface area contributed by atoms with Crippen LogP contribution in [0.4, 0.5) is 11.4 Å². The molecule has 1 aromatic heterocycles. The molecule has 7 heteroatoms. The van der Waals surface area contributed by atoms with Crippen molar-refractivity contribution in [1.82, 2.24) is 9.97 Å². The molecule has 4 rings (SSSR count). The first-order valence-corrected chi connectivity index (χ1v) is 8.78. The van der Waals surface area contributed by atoms with Crippen LogP contribution in [-0.2, 0) is 0 Å². The third kappa shape index (κ3) is 3.45. The van der Waals surface area contributed by atoms with E-state index in [4.69, 9.17) is 11.6 Å². The number of halogens is 1. The number of benzene rings is 3. The van der Waals surface area contributed by atoms with E-state index in [-0.39, 0.29) is 11.1 Å². The molecule has 1 heterocycles. The molecular formula is C21H14ClN3O3. The summed E-state index contributed by atoms with van der Waals surface area (Å²) in [5.74, 6) is -0.773. The summed E-state index contributed by atoms with van der Waals surface area (Å²) < 4.78 is 0. The van der Waals surface area contributed by atoms with Gasteiger partial charge in [0.1, 0.15) is 5.82 Å². The minimum Gasteiger partial charge on any atom is -0.478 e. The fraction of sp³-hybridized carbons (Fsp3) is 0. The zero-order chi connectivity index (χ0) is 19.7. The number of H-pyrrole nitrogens is 1. The Hall–Kier alpha value is -3.64. The first-order chi connectivity index (χ1) is 13.5. The number of nitrogens with one attached hydrogen (secondary N) is 2. The zero-order valence-corrected chi connectivity index (χ0v) is 15.2. The summed E-state index contributed by atoms with van der Waals surface area (Å²) in [6.07, 6.45) is 0. The molecule has 0 radical (unpaired) electrons. The van der Waals surface area contributed by atoms with Crippen molar-refractivity contribution in [2.75, 3.05) is 5.32 Å². The Kier molecular flexibility index (Phi) is 4.55. The van der Waals surface area contributed by atoms with Crippen LogP contribution in [0, 0.1) is 0 Å². The second-order valence-corrected chi connectivity index (χ2v) is 6.57. The van der Waals surface area contributed by atoms with Crippen molar-refractivity contribution in [3.63, 3.8) is 0 Å². The highest BCUT2D eigenvalue weighted by Gasteiger charge is 2.15. The highest BCUT2D eigenvalue weighted by molar-refractivity contribution is 6.30. The molecule has 0 fully saturated rings. The van der Waals surface area contributed by atoms with Gasteiger partial charge in [0.25, 0.3) is 5.56 Å². The van der Waals surface area contributed by atoms with Gasteiger partial charge in [-0.05, 0) is 48.5 Å². The lowest BCUT2D eigenvalue weighted by Gasteiger charge is -2.11. The van der Waals surface area contributed by atoms with Crippen LogP contribution in [0.1, 0.15) is 10.4 Å². The Morgan fingerprint density at radius 1 is 1.04 bits per heavy atom. The second-order valence-electron chi connectivity index (χ2n) is 6.13. The topological polar surface area (TPSA) is 95.1 Å². The number of hydrogen-bond donors (Lipinski definition) is 3. The molecule has 0 aliphatic heterocycles. The Balaban J connectivity index is 1.87. The van der Waals surface area contributed by atoms with Crippen molar-refractivity contribution >= 4 is 39.8 Å². The van der Waals surface area contributed by atoms with E-state index in [2.05, 4.69) is 15.3 Å². The minimum absolute atomic E-state index is 0.0245. The molecule has 138 valence electrons.